The molecule has 1 amide bonds. The van der Waals surface area contributed by atoms with Crippen LogP contribution in [-0.4, -0.2) is 132 Å². The number of morpholine rings is 1. The van der Waals surface area contributed by atoms with Crippen LogP contribution in [0.4, 0.5) is 0 Å². The molecule has 5 aliphatic rings. The molecule has 0 bridgehead atoms. The van der Waals surface area contributed by atoms with Crippen molar-refractivity contribution in [1.29, 1.82) is 0 Å². The molecule has 0 aromatic heterocycles. The Morgan fingerprint density at radius 1 is 1.04 bits per heavy atom. The Kier molecular flexibility index (Phi) is 11.3. The number of carbonyl (C=O) groups excluding carboxylic acids is 3. The van der Waals surface area contributed by atoms with Gasteiger partial charge in [0.15, 0.2) is 18.3 Å². The maximum atomic E-state index is 13.0. The summed E-state index contributed by atoms with van der Waals surface area (Å²) in [5, 5.41) is 51.7. The Morgan fingerprint density at radius 3 is 2.46 bits per heavy atom. The quantitative estimate of drug-likeness (QED) is 0.121. The zero-order valence-electron chi connectivity index (χ0n) is 27.0. The highest BCUT2D eigenvalue weighted by atomic mass is 16.7. The van der Waals surface area contributed by atoms with Gasteiger partial charge in [0.1, 0.15) is 23.4 Å². The van der Waals surface area contributed by atoms with Gasteiger partial charge in [-0.2, -0.15) is 0 Å². The van der Waals surface area contributed by atoms with Gasteiger partial charge in [0, 0.05) is 62.4 Å². The minimum absolute atomic E-state index is 0.00693. The van der Waals surface area contributed by atoms with Gasteiger partial charge in [0.25, 0.3) is 0 Å². The van der Waals surface area contributed by atoms with Crippen molar-refractivity contribution in [3.05, 3.63) is 51.6 Å². The van der Waals surface area contributed by atoms with E-state index in [0.29, 0.717) is 19.0 Å². The van der Waals surface area contributed by atoms with E-state index in [1.807, 2.05) is 0 Å². The van der Waals surface area contributed by atoms with E-state index < -0.39 is 35.3 Å². The molecule has 7 rings (SSSR count). The number of nitrogens with zero attached hydrogens (tertiary/aromatic N) is 1. The standard InChI is InChI=1S/C19H16O7.C11H19NO4.C3H7NO2/c1-26-11-4-2-3-8-13(11)19(25)15-14(16(8)22)17(23)9-5-7(20)6-10(21)12(9)18(15)24;1-7-9-8(3-5-14-7)12-4-6-15-11(13-2)10(12)16-9;5-2-1-4-3-6/h2-4,7,10,20-21,23-24H,5-6H2,1H3;7-11H,3-6H2,1-2H3;3,5H,1-2H2,(H,4,6)/t;7?,8?,9?,10-,11?;/m.1./s1. The lowest BCUT2D eigenvalue weighted by Crippen LogP contribution is -2.53. The van der Waals surface area contributed by atoms with Crippen molar-refractivity contribution < 1.29 is 63.6 Å². The van der Waals surface area contributed by atoms with E-state index in [9.17, 15) is 34.8 Å². The van der Waals surface area contributed by atoms with Gasteiger partial charge in [-0.15, -0.1) is 0 Å². The molecular formula is C33H42N2O13. The first-order valence-electron chi connectivity index (χ1n) is 15.8. The molecule has 6 unspecified atom stereocenters. The number of nitrogens with one attached hydrogen (secondary N) is 1. The number of aliphatic hydroxyl groups excluding tert-OH is 3. The van der Waals surface area contributed by atoms with Crippen LogP contribution in [0.2, 0.25) is 0 Å². The molecule has 2 aromatic carbocycles. The zero-order chi connectivity index (χ0) is 34.7. The predicted octanol–water partition coefficient (Wildman–Crippen LogP) is 0.140. The number of carbonyl (C=O) groups is 3. The topological polar surface area (TPSA) is 214 Å². The normalized spacial score (nSPS) is 28.6. The van der Waals surface area contributed by atoms with E-state index in [-0.39, 0.29) is 83.3 Å². The van der Waals surface area contributed by atoms with Crippen molar-refractivity contribution in [1.82, 2.24) is 10.2 Å². The van der Waals surface area contributed by atoms with Crippen LogP contribution in [-0.2, 0) is 30.2 Å². The molecule has 2 aliphatic carbocycles. The van der Waals surface area contributed by atoms with Crippen LogP contribution in [0.1, 0.15) is 68.8 Å². The summed E-state index contributed by atoms with van der Waals surface area (Å²) in [5.74, 6) is -2.14. The number of ketones is 2. The van der Waals surface area contributed by atoms with Crippen LogP contribution < -0.4 is 10.1 Å². The first kappa shape index (κ1) is 35.6. The predicted molar refractivity (Wildman–Crippen MR) is 166 cm³/mol. The van der Waals surface area contributed by atoms with E-state index in [1.165, 1.54) is 19.2 Å². The van der Waals surface area contributed by atoms with Crippen molar-refractivity contribution in [3.63, 3.8) is 0 Å². The number of rotatable bonds is 5. The summed E-state index contributed by atoms with van der Waals surface area (Å²) in [4.78, 5) is 37.7. The number of aliphatic hydroxyl groups is 3. The Balaban J connectivity index is 0.000000173. The molecule has 0 saturated carbocycles. The van der Waals surface area contributed by atoms with Crippen molar-refractivity contribution in [2.45, 2.75) is 69.2 Å². The fourth-order valence-corrected chi connectivity index (χ4v) is 6.99. The van der Waals surface area contributed by atoms with Crippen LogP contribution in [0.25, 0.3) is 0 Å². The number of ether oxygens (including phenoxy) is 5. The fraction of sp³-hybridized carbons (Fsp3) is 0.545. The smallest absolute Gasteiger partial charge is 0.207 e. The van der Waals surface area contributed by atoms with E-state index in [2.05, 4.69) is 17.1 Å². The summed E-state index contributed by atoms with van der Waals surface area (Å²) in [5.41, 5.74) is -0.529. The van der Waals surface area contributed by atoms with Gasteiger partial charge < -0.3 is 54.5 Å². The van der Waals surface area contributed by atoms with Crippen LogP contribution in [0.15, 0.2) is 18.2 Å². The minimum atomic E-state index is -1.26. The second-order valence-electron chi connectivity index (χ2n) is 11.9. The van der Waals surface area contributed by atoms with Gasteiger partial charge >= 0.3 is 0 Å². The van der Waals surface area contributed by atoms with E-state index in [1.54, 1.807) is 13.2 Å². The number of fused-ring (bicyclic) bond motifs is 6. The van der Waals surface area contributed by atoms with E-state index >= 15 is 0 Å². The molecule has 3 heterocycles. The molecule has 2 aromatic rings. The molecule has 0 spiro atoms. The fourth-order valence-electron chi connectivity index (χ4n) is 6.99. The second-order valence-corrected chi connectivity index (χ2v) is 11.9. The molecule has 0 radical (unpaired) electrons. The Hall–Kier alpha value is -3.67. The second kappa shape index (κ2) is 15.3. The van der Waals surface area contributed by atoms with Gasteiger partial charge in [-0.25, -0.2) is 0 Å². The molecule has 15 heteroatoms. The van der Waals surface area contributed by atoms with Crippen LogP contribution in [0, 0.1) is 0 Å². The summed E-state index contributed by atoms with van der Waals surface area (Å²) in [6, 6.07) is 4.99. The first-order chi connectivity index (χ1) is 23.1. The number of hydrogen-bond acceptors (Lipinski definition) is 14. The third kappa shape index (κ3) is 6.52. The monoisotopic (exact) mass is 674 g/mol. The van der Waals surface area contributed by atoms with E-state index in [4.69, 9.17) is 28.8 Å². The number of phenols is 2. The molecule has 7 atom stereocenters. The number of methoxy groups -OCH3 is 2. The molecule has 6 N–H and O–H groups in total. The Morgan fingerprint density at radius 2 is 1.79 bits per heavy atom. The third-order valence-electron chi connectivity index (χ3n) is 9.15. The van der Waals surface area contributed by atoms with Gasteiger partial charge in [0.2, 0.25) is 12.2 Å². The van der Waals surface area contributed by atoms with Crippen LogP contribution in [0.3, 0.4) is 0 Å². The Bertz CT molecular complexity index is 1520. The summed E-state index contributed by atoms with van der Waals surface area (Å²) in [6.45, 7) is 4.92. The highest BCUT2D eigenvalue weighted by Crippen LogP contribution is 2.49. The summed E-state index contributed by atoms with van der Waals surface area (Å²) >= 11 is 0. The van der Waals surface area contributed by atoms with Gasteiger partial charge in [0.05, 0.1) is 55.3 Å². The number of phenolic OH excluding ortho intramolecular Hbond substituents is 2. The molecule has 48 heavy (non-hydrogen) atoms. The lowest BCUT2D eigenvalue weighted by molar-refractivity contribution is -0.246. The zero-order valence-corrected chi connectivity index (χ0v) is 27.0. The van der Waals surface area contributed by atoms with Crippen molar-refractivity contribution in [2.24, 2.45) is 0 Å². The summed E-state index contributed by atoms with van der Waals surface area (Å²) in [6.07, 6.45) is -0.649. The number of benzene rings is 2. The molecule has 262 valence electrons. The Labute approximate surface area is 276 Å². The first-order valence-corrected chi connectivity index (χ1v) is 15.8. The SMILES string of the molecule is COC1OCCN2C3CCOC(C)C3O[C@H]12.COc1cccc2c1C(=O)c1c(O)c3c(c(O)c1C2=O)CC(O)CC3O.O=CNCCO. The summed E-state index contributed by atoms with van der Waals surface area (Å²) < 4.78 is 27.7. The number of aromatic hydroxyl groups is 2. The largest absolute Gasteiger partial charge is 0.507 e. The van der Waals surface area contributed by atoms with Gasteiger partial charge in [-0.3, -0.25) is 19.3 Å². The minimum Gasteiger partial charge on any atom is -0.507 e. The maximum Gasteiger partial charge on any atom is 0.207 e. The third-order valence-corrected chi connectivity index (χ3v) is 9.15. The molecule has 3 saturated heterocycles. The lowest BCUT2D eigenvalue weighted by atomic mass is 9.76. The lowest BCUT2D eigenvalue weighted by Gasteiger charge is -2.37. The number of amides is 1. The van der Waals surface area contributed by atoms with Crippen LogP contribution >= 0.6 is 0 Å². The van der Waals surface area contributed by atoms with Gasteiger partial charge in [-0.05, 0) is 19.4 Å². The highest BCUT2D eigenvalue weighted by Gasteiger charge is 2.51. The van der Waals surface area contributed by atoms with Crippen LogP contribution in [0.5, 0.6) is 17.2 Å². The average Bonchev–Trinajstić information content (AvgIpc) is 3.48. The van der Waals surface area contributed by atoms with Crippen molar-refractivity contribution in [3.8, 4) is 17.2 Å². The van der Waals surface area contributed by atoms with E-state index in [0.717, 1.165) is 26.2 Å². The number of hydrogen-bond donors (Lipinski definition) is 6. The van der Waals surface area contributed by atoms with Gasteiger partial charge in [-0.1, -0.05) is 12.1 Å². The molecule has 15 nitrogen and oxygen atoms in total. The molecular weight excluding hydrogens is 632 g/mol. The molecule has 3 aliphatic heterocycles. The van der Waals surface area contributed by atoms with Crippen molar-refractivity contribution >= 4 is 18.0 Å². The molecule has 3 fully saturated rings. The average molecular weight is 675 g/mol. The maximum absolute atomic E-state index is 13.0. The van der Waals surface area contributed by atoms with Crippen molar-refractivity contribution in [2.75, 3.05) is 47.1 Å². The summed E-state index contributed by atoms with van der Waals surface area (Å²) in [7, 11) is 3.03. The highest BCUT2D eigenvalue weighted by molar-refractivity contribution is 6.31.